The maximum absolute atomic E-state index is 6.24. The van der Waals surface area contributed by atoms with Crippen LogP contribution in [0.2, 0.25) is 5.02 Å². The highest BCUT2D eigenvalue weighted by Crippen LogP contribution is 2.32. The first-order valence-corrected chi connectivity index (χ1v) is 13.2. The molecule has 7 nitrogen and oxygen atoms in total. The molecular formula is C30H29ClN6O. The van der Waals surface area contributed by atoms with E-state index < -0.39 is 0 Å². The topological polar surface area (TPSA) is 67.6 Å². The quantitative estimate of drug-likeness (QED) is 0.289. The maximum atomic E-state index is 6.24. The number of ether oxygens (including phenoxy) is 1. The zero-order valence-corrected chi connectivity index (χ0v) is 22.2. The summed E-state index contributed by atoms with van der Waals surface area (Å²) in [5, 5.41) is 5.13. The molecule has 8 heteroatoms. The zero-order chi connectivity index (χ0) is 26.1. The van der Waals surface area contributed by atoms with E-state index in [1.165, 1.54) is 0 Å². The van der Waals surface area contributed by atoms with Crippen LogP contribution in [0.15, 0.2) is 84.0 Å². The minimum atomic E-state index is 0.248. The lowest BCUT2D eigenvalue weighted by Gasteiger charge is -2.27. The van der Waals surface area contributed by atoms with Crippen LogP contribution in [-0.4, -0.2) is 52.7 Å². The summed E-state index contributed by atoms with van der Waals surface area (Å²) in [7, 11) is 3.79. The number of pyridine rings is 1. The molecule has 0 spiro atoms. The van der Waals surface area contributed by atoms with E-state index in [-0.39, 0.29) is 6.04 Å². The van der Waals surface area contributed by atoms with E-state index in [0.717, 1.165) is 70.8 Å². The molecule has 1 N–H and O–H groups in total. The average molecular weight is 525 g/mol. The van der Waals surface area contributed by atoms with Gasteiger partial charge in [-0.05, 0) is 93.6 Å². The molecule has 3 aliphatic rings. The van der Waals surface area contributed by atoms with Crippen molar-refractivity contribution in [2.45, 2.75) is 18.9 Å². The van der Waals surface area contributed by atoms with Crippen molar-refractivity contribution in [2.75, 3.05) is 32.6 Å². The molecule has 0 atom stereocenters. The minimum absolute atomic E-state index is 0.248. The molecule has 0 bridgehead atoms. The van der Waals surface area contributed by atoms with Gasteiger partial charge in [0.1, 0.15) is 5.69 Å². The number of piperidine rings is 1. The van der Waals surface area contributed by atoms with E-state index in [0.29, 0.717) is 10.9 Å². The average Bonchev–Trinajstić information content (AvgIpc) is 2.94. The van der Waals surface area contributed by atoms with Crippen molar-refractivity contribution in [2.24, 2.45) is 4.99 Å². The van der Waals surface area contributed by atoms with Gasteiger partial charge in [-0.1, -0.05) is 23.7 Å². The smallest absolute Gasteiger partial charge is 0.237 e. The van der Waals surface area contributed by atoms with Crippen molar-refractivity contribution >= 4 is 34.0 Å². The maximum Gasteiger partial charge on any atom is 0.237 e. The van der Waals surface area contributed by atoms with Crippen LogP contribution in [0.5, 0.6) is 5.88 Å². The number of fused-ring (bicyclic) bond motifs is 2. The Labute approximate surface area is 226 Å². The van der Waals surface area contributed by atoms with E-state index in [1.54, 1.807) is 13.3 Å². The van der Waals surface area contributed by atoms with Gasteiger partial charge in [0.25, 0.3) is 0 Å². The number of anilines is 2. The van der Waals surface area contributed by atoms with Gasteiger partial charge in [0, 0.05) is 16.9 Å². The number of rotatable bonds is 5. The van der Waals surface area contributed by atoms with Crippen molar-refractivity contribution in [3.63, 3.8) is 0 Å². The highest BCUT2D eigenvalue weighted by Gasteiger charge is 2.20. The van der Waals surface area contributed by atoms with Crippen LogP contribution in [-0.2, 0) is 0 Å². The predicted octanol–water partition coefficient (Wildman–Crippen LogP) is 5.93. The van der Waals surface area contributed by atoms with Gasteiger partial charge in [-0.3, -0.25) is 4.99 Å². The van der Waals surface area contributed by atoms with Gasteiger partial charge in [-0.15, -0.1) is 0 Å². The highest BCUT2D eigenvalue weighted by atomic mass is 35.5. The Kier molecular flexibility index (Phi) is 6.70. The molecule has 1 aromatic heterocycles. The Morgan fingerprint density at radius 3 is 2.55 bits per heavy atom. The van der Waals surface area contributed by atoms with Crippen molar-refractivity contribution in [3.05, 3.63) is 89.4 Å². The Bertz CT molecular complexity index is 1620. The van der Waals surface area contributed by atoms with Crippen LogP contribution in [0.4, 0.5) is 11.4 Å². The highest BCUT2D eigenvalue weighted by molar-refractivity contribution is 6.30. The molecule has 38 heavy (non-hydrogen) atoms. The molecule has 2 aliphatic heterocycles. The van der Waals surface area contributed by atoms with Crippen LogP contribution < -0.4 is 15.4 Å². The van der Waals surface area contributed by atoms with Crippen LogP contribution in [0.1, 0.15) is 12.8 Å². The van der Waals surface area contributed by atoms with Gasteiger partial charge in [0.05, 0.1) is 46.6 Å². The summed E-state index contributed by atoms with van der Waals surface area (Å²) in [6.45, 7) is 2.08. The number of halogens is 1. The fourth-order valence-electron chi connectivity index (χ4n) is 5.03. The summed E-state index contributed by atoms with van der Waals surface area (Å²) < 4.78 is 7.74. The fourth-order valence-corrected chi connectivity index (χ4v) is 5.16. The number of para-hydroxylation sites is 2. The second kappa shape index (κ2) is 10.4. The monoisotopic (exact) mass is 524 g/mol. The first-order chi connectivity index (χ1) is 18.6. The number of nitrogens with one attached hydrogen (secondary N) is 1. The van der Waals surface area contributed by atoms with Crippen LogP contribution >= 0.6 is 11.6 Å². The molecule has 3 aromatic rings. The molecule has 0 radical (unpaired) electrons. The number of methoxy groups -OCH3 is 1. The standard InChI is InChI=1S/C30H29ClN6O/c1-36-16-13-21(14-17-36)33-26-19-29-27(18-25(26)35-24-7-5-15-32-30(24)38-2)34-23-6-3-4-8-28(23)37(29)22-11-9-20(31)10-12-22/h3-12,15,18-19,21,35H,13-14,16-17H2,1-2H3. The third kappa shape index (κ3) is 4.83. The molecule has 3 heterocycles. The number of aromatic nitrogens is 3. The van der Waals surface area contributed by atoms with E-state index in [2.05, 4.69) is 45.0 Å². The van der Waals surface area contributed by atoms with E-state index in [1.807, 2.05) is 54.6 Å². The normalized spacial score (nSPS) is 15.3. The molecule has 0 unspecified atom stereocenters. The number of hydrogen-bond acceptors (Lipinski definition) is 6. The lowest BCUT2D eigenvalue weighted by Crippen LogP contribution is -2.33. The molecule has 6 rings (SSSR count). The van der Waals surface area contributed by atoms with E-state index >= 15 is 0 Å². The van der Waals surface area contributed by atoms with Crippen LogP contribution in [0.3, 0.4) is 0 Å². The molecule has 0 amide bonds. The van der Waals surface area contributed by atoms with Gasteiger partial charge >= 0.3 is 0 Å². The van der Waals surface area contributed by atoms with Crippen LogP contribution in [0, 0.1) is 0 Å². The number of hydrogen-bond donors (Lipinski definition) is 1. The van der Waals surface area contributed by atoms with Crippen LogP contribution in [0.25, 0.3) is 28.1 Å². The molecular weight excluding hydrogens is 496 g/mol. The Balaban J connectivity index is 1.60. The lowest BCUT2D eigenvalue weighted by molar-refractivity contribution is 0.255. The summed E-state index contributed by atoms with van der Waals surface area (Å²) in [5.41, 5.74) is 6.40. The summed E-state index contributed by atoms with van der Waals surface area (Å²) in [6, 6.07) is 24.4. The number of likely N-dealkylation sites (tertiary alicyclic amines) is 1. The van der Waals surface area contributed by atoms with E-state index in [9.17, 15) is 0 Å². The van der Waals surface area contributed by atoms with Gasteiger partial charge in [-0.25, -0.2) is 9.97 Å². The Morgan fingerprint density at radius 2 is 1.76 bits per heavy atom. The largest absolute Gasteiger partial charge is 0.480 e. The van der Waals surface area contributed by atoms with Gasteiger partial charge < -0.3 is 19.5 Å². The fraction of sp³-hybridized carbons (Fsp3) is 0.233. The third-order valence-corrected chi connectivity index (χ3v) is 7.28. The molecule has 192 valence electrons. The second-order valence-electron chi connectivity index (χ2n) is 9.62. The first-order valence-electron chi connectivity index (χ1n) is 12.8. The predicted molar refractivity (Wildman–Crippen MR) is 153 cm³/mol. The molecule has 1 aliphatic carbocycles. The van der Waals surface area contributed by atoms with E-state index in [4.69, 9.17) is 26.3 Å². The number of benzene rings is 3. The summed E-state index contributed by atoms with van der Waals surface area (Å²) in [6.07, 6.45) is 3.77. The SMILES string of the molecule is COc1ncccc1Nc1cc2nc3ccccc3n(-c3ccc(Cl)cc3)c-2cc1=NC1CCN(C)CC1. The number of nitrogens with zero attached hydrogens (tertiary/aromatic N) is 5. The zero-order valence-electron chi connectivity index (χ0n) is 21.4. The molecule has 2 aromatic carbocycles. The summed E-state index contributed by atoms with van der Waals surface area (Å²) >= 11 is 6.24. The Hall–Kier alpha value is -3.94. The summed E-state index contributed by atoms with van der Waals surface area (Å²) in [4.78, 5) is 17.0. The Morgan fingerprint density at radius 1 is 0.974 bits per heavy atom. The molecule has 0 saturated carbocycles. The molecule has 1 saturated heterocycles. The van der Waals surface area contributed by atoms with Crippen molar-refractivity contribution in [3.8, 4) is 23.0 Å². The van der Waals surface area contributed by atoms with Gasteiger partial charge in [0.15, 0.2) is 0 Å². The first kappa shape index (κ1) is 24.4. The second-order valence-corrected chi connectivity index (χ2v) is 10.1. The van der Waals surface area contributed by atoms with Gasteiger partial charge in [0.2, 0.25) is 5.88 Å². The minimum Gasteiger partial charge on any atom is -0.480 e. The van der Waals surface area contributed by atoms with Crippen molar-refractivity contribution in [1.29, 1.82) is 0 Å². The summed E-state index contributed by atoms with van der Waals surface area (Å²) in [5.74, 6) is 0.528. The lowest BCUT2D eigenvalue weighted by atomic mass is 10.1. The molecule has 1 fully saturated rings. The van der Waals surface area contributed by atoms with Gasteiger partial charge in [-0.2, -0.15) is 0 Å². The van der Waals surface area contributed by atoms with Crippen molar-refractivity contribution < 1.29 is 4.74 Å². The van der Waals surface area contributed by atoms with Crippen molar-refractivity contribution in [1.82, 2.24) is 19.4 Å². The third-order valence-electron chi connectivity index (χ3n) is 7.03.